The van der Waals surface area contributed by atoms with Crippen molar-refractivity contribution in [3.63, 3.8) is 0 Å². The van der Waals surface area contributed by atoms with Gasteiger partial charge in [0.25, 0.3) is 0 Å². The normalized spacial score (nSPS) is 35.9. The van der Waals surface area contributed by atoms with Crippen LogP contribution in [0.1, 0.15) is 47.0 Å². The Labute approximate surface area is 115 Å². The minimum atomic E-state index is -0.339. The number of amides is 2. The minimum Gasteiger partial charge on any atom is -0.343 e. The second-order valence-electron chi connectivity index (χ2n) is 6.43. The van der Waals surface area contributed by atoms with Gasteiger partial charge in [0.05, 0.1) is 6.54 Å². The van der Waals surface area contributed by atoms with Gasteiger partial charge in [-0.15, -0.1) is 0 Å². The van der Waals surface area contributed by atoms with Crippen molar-refractivity contribution in [1.29, 1.82) is 0 Å². The first-order valence-corrected chi connectivity index (χ1v) is 7.55. The molecule has 0 aromatic heterocycles. The van der Waals surface area contributed by atoms with E-state index in [4.69, 9.17) is 0 Å². The molecule has 4 heteroatoms. The second-order valence-corrected chi connectivity index (χ2v) is 6.43. The highest BCUT2D eigenvalue weighted by Gasteiger charge is 2.43. The minimum absolute atomic E-state index is 0.00884. The third-order valence-electron chi connectivity index (χ3n) is 4.95. The highest BCUT2D eigenvalue weighted by molar-refractivity contribution is 5.95. The Bertz CT molecular complexity index is 367. The first-order chi connectivity index (χ1) is 8.95. The van der Waals surface area contributed by atoms with Crippen LogP contribution >= 0.6 is 0 Å². The Morgan fingerprint density at radius 2 is 2.00 bits per heavy atom. The molecule has 4 nitrogen and oxygen atoms in total. The Hall–Kier alpha value is -1.06. The van der Waals surface area contributed by atoms with Crippen LogP contribution in [-0.4, -0.2) is 35.3 Å². The monoisotopic (exact) mass is 266 g/mol. The lowest BCUT2D eigenvalue weighted by atomic mass is 9.91. The number of rotatable bonds is 3. The average molecular weight is 266 g/mol. The summed E-state index contributed by atoms with van der Waals surface area (Å²) >= 11 is 0. The van der Waals surface area contributed by atoms with Gasteiger partial charge in [0.2, 0.25) is 11.8 Å². The maximum atomic E-state index is 12.6. The first-order valence-electron chi connectivity index (χ1n) is 7.55. The van der Waals surface area contributed by atoms with Gasteiger partial charge in [-0.05, 0) is 30.6 Å². The second kappa shape index (κ2) is 5.51. The van der Waals surface area contributed by atoms with Crippen LogP contribution in [0.3, 0.4) is 0 Å². The van der Waals surface area contributed by atoms with Gasteiger partial charge < -0.3 is 10.2 Å². The van der Waals surface area contributed by atoms with Crippen molar-refractivity contribution < 1.29 is 9.59 Å². The molecule has 2 amide bonds. The molecular weight excluding hydrogens is 240 g/mol. The van der Waals surface area contributed by atoms with Crippen molar-refractivity contribution >= 4 is 11.8 Å². The summed E-state index contributed by atoms with van der Waals surface area (Å²) < 4.78 is 0. The molecule has 1 N–H and O–H groups in total. The smallest absolute Gasteiger partial charge is 0.246 e. The van der Waals surface area contributed by atoms with Crippen LogP contribution < -0.4 is 5.32 Å². The van der Waals surface area contributed by atoms with Gasteiger partial charge in [-0.2, -0.15) is 0 Å². The zero-order chi connectivity index (χ0) is 14.2. The van der Waals surface area contributed by atoms with Crippen LogP contribution in [0.25, 0.3) is 0 Å². The molecule has 4 unspecified atom stereocenters. The molecule has 0 radical (unpaired) electrons. The van der Waals surface area contributed by atoms with Crippen LogP contribution in [0.2, 0.25) is 0 Å². The van der Waals surface area contributed by atoms with E-state index in [1.165, 1.54) is 12.8 Å². The molecule has 1 aliphatic carbocycles. The molecule has 1 saturated carbocycles. The van der Waals surface area contributed by atoms with E-state index in [9.17, 15) is 9.59 Å². The number of hydrogen-bond acceptors (Lipinski definition) is 2. The Kier molecular flexibility index (Phi) is 4.16. The predicted molar refractivity (Wildman–Crippen MR) is 74.4 cm³/mol. The van der Waals surface area contributed by atoms with Gasteiger partial charge in [-0.1, -0.05) is 34.1 Å². The Morgan fingerprint density at radius 3 is 2.53 bits per heavy atom. The Morgan fingerprint density at radius 1 is 1.32 bits per heavy atom. The number of hydrogen-bond donors (Lipinski definition) is 1. The summed E-state index contributed by atoms with van der Waals surface area (Å²) in [5.74, 6) is 1.46. The standard InChI is InChI=1S/C15H26N2O2/c1-5-11-6-7-12(10(11)4)17-8-13(18)16-14(9(2)3)15(17)19/h9-12,14H,5-8H2,1-4H3,(H,16,18). The van der Waals surface area contributed by atoms with E-state index in [2.05, 4.69) is 19.2 Å². The molecule has 1 aliphatic heterocycles. The molecule has 1 saturated heterocycles. The Balaban J connectivity index is 2.15. The molecule has 0 spiro atoms. The molecule has 108 valence electrons. The molecule has 0 aromatic rings. The highest BCUT2D eigenvalue weighted by Crippen LogP contribution is 2.37. The van der Waals surface area contributed by atoms with E-state index < -0.39 is 0 Å². The molecule has 2 aliphatic rings. The largest absolute Gasteiger partial charge is 0.343 e. The van der Waals surface area contributed by atoms with E-state index in [0.717, 1.165) is 6.42 Å². The van der Waals surface area contributed by atoms with Gasteiger partial charge in [0.1, 0.15) is 6.04 Å². The van der Waals surface area contributed by atoms with Gasteiger partial charge in [0, 0.05) is 6.04 Å². The van der Waals surface area contributed by atoms with Crippen molar-refractivity contribution in [2.45, 2.75) is 59.0 Å². The molecule has 4 atom stereocenters. The lowest BCUT2D eigenvalue weighted by molar-refractivity contribution is -0.148. The van der Waals surface area contributed by atoms with Gasteiger partial charge in [-0.25, -0.2) is 0 Å². The van der Waals surface area contributed by atoms with E-state index in [-0.39, 0.29) is 36.4 Å². The summed E-state index contributed by atoms with van der Waals surface area (Å²) in [6.07, 6.45) is 3.39. The van der Waals surface area contributed by atoms with Gasteiger partial charge in [0.15, 0.2) is 0 Å². The molecule has 1 heterocycles. The summed E-state index contributed by atoms with van der Waals surface area (Å²) in [4.78, 5) is 26.2. The predicted octanol–water partition coefficient (Wildman–Crippen LogP) is 1.79. The van der Waals surface area contributed by atoms with Crippen LogP contribution in [0.15, 0.2) is 0 Å². The summed E-state index contributed by atoms with van der Waals surface area (Å²) in [5, 5.41) is 2.83. The summed E-state index contributed by atoms with van der Waals surface area (Å²) in [6, 6.07) is -0.0844. The quantitative estimate of drug-likeness (QED) is 0.846. The number of carbonyl (C=O) groups excluding carboxylic acids is 2. The maximum absolute atomic E-state index is 12.6. The topological polar surface area (TPSA) is 49.4 Å². The average Bonchev–Trinajstić information content (AvgIpc) is 2.72. The fraction of sp³-hybridized carbons (Fsp3) is 0.867. The molecular formula is C15H26N2O2. The highest BCUT2D eigenvalue weighted by atomic mass is 16.2. The van der Waals surface area contributed by atoms with Crippen LogP contribution in [-0.2, 0) is 9.59 Å². The number of nitrogens with one attached hydrogen (secondary N) is 1. The lowest BCUT2D eigenvalue weighted by Crippen LogP contribution is -2.62. The van der Waals surface area contributed by atoms with Gasteiger partial charge >= 0.3 is 0 Å². The van der Waals surface area contributed by atoms with E-state index in [1.807, 2.05) is 18.7 Å². The maximum Gasteiger partial charge on any atom is 0.246 e. The van der Waals surface area contributed by atoms with Crippen molar-refractivity contribution in [3.8, 4) is 0 Å². The molecule has 0 bridgehead atoms. The number of piperazine rings is 1. The molecule has 19 heavy (non-hydrogen) atoms. The van der Waals surface area contributed by atoms with Gasteiger partial charge in [-0.3, -0.25) is 9.59 Å². The number of carbonyl (C=O) groups is 2. The van der Waals surface area contributed by atoms with Crippen molar-refractivity contribution in [1.82, 2.24) is 10.2 Å². The van der Waals surface area contributed by atoms with Crippen molar-refractivity contribution in [2.24, 2.45) is 17.8 Å². The zero-order valence-corrected chi connectivity index (χ0v) is 12.5. The van der Waals surface area contributed by atoms with Crippen LogP contribution in [0.4, 0.5) is 0 Å². The lowest BCUT2D eigenvalue weighted by Gasteiger charge is -2.40. The number of nitrogens with zero attached hydrogens (tertiary/aromatic N) is 1. The summed E-state index contributed by atoms with van der Waals surface area (Å²) in [6.45, 7) is 8.66. The molecule has 2 rings (SSSR count). The first kappa shape index (κ1) is 14.4. The van der Waals surface area contributed by atoms with E-state index in [1.54, 1.807) is 0 Å². The summed E-state index contributed by atoms with van der Waals surface area (Å²) in [5.41, 5.74) is 0. The fourth-order valence-electron chi connectivity index (χ4n) is 3.66. The zero-order valence-electron chi connectivity index (χ0n) is 12.5. The van der Waals surface area contributed by atoms with Crippen LogP contribution in [0, 0.1) is 17.8 Å². The third-order valence-corrected chi connectivity index (χ3v) is 4.95. The van der Waals surface area contributed by atoms with Crippen molar-refractivity contribution in [2.75, 3.05) is 6.54 Å². The van der Waals surface area contributed by atoms with Crippen molar-refractivity contribution in [3.05, 3.63) is 0 Å². The molecule has 0 aromatic carbocycles. The van der Waals surface area contributed by atoms with E-state index >= 15 is 0 Å². The SMILES string of the molecule is CCC1CCC(N2CC(=O)NC(C(C)C)C2=O)C1C. The third kappa shape index (κ3) is 2.63. The fourth-order valence-corrected chi connectivity index (χ4v) is 3.66. The summed E-state index contributed by atoms with van der Waals surface area (Å²) in [7, 11) is 0. The van der Waals surface area contributed by atoms with Crippen LogP contribution in [0.5, 0.6) is 0 Å². The molecule has 2 fully saturated rings. The van der Waals surface area contributed by atoms with E-state index in [0.29, 0.717) is 11.8 Å².